The third-order valence-electron chi connectivity index (χ3n) is 5.84. The highest BCUT2D eigenvalue weighted by atomic mass is 16.5. The normalized spacial score (nSPS) is 15.1. The van der Waals surface area contributed by atoms with Crippen molar-refractivity contribution >= 4 is 0 Å². The Morgan fingerprint density at radius 2 is 1.59 bits per heavy atom. The molecular weight excluding hydrogens is 334 g/mol. The molecule has 0 fully saturated rings. The second-order valence-corrected chi connectivity index (χ2v) is 9.11. The van der Waals surface area contributed by atoms with E-state index in [-0.39, 0.29) is 12.5 Å². The van der Waals surface area contributed by atoms with Gasteiger partial charge in [-0.15, -0.1) is 0 Å². The van der Waals surface area contributed by atoms with E-state index in [2.05, 4.69) is 46.8 Å². The fourth-order valence-electron chi connectivity index (χ4n) is 3.32. The van der Waals surface area contributed by atoms with Gasteiger partial charge in [0.05, 0.1) is 13.2 Å². The number of aryl methyl sites for hydroxylation is 1. The predicted molar refractivity (Wildman–Crippen MR) is 116 cm³/mol. The number of benzene rings is 1. The van der Waals surface area contributed by atoms with Crippen molar-refractivity contribution in [2.75, 3.05) is 13.2 Å². The fraction of sp³-hybridized carbons (Fsp3) is 0.750. The van der Waals surface area contributed by atoms with Crippen molar-refractivity contribution in [2.45, 2.75) is 85.1 Å². The Bertz CT molecular complexity index is 498. The molecule has 0 bridgehead atoms. The molecule has 3 heteroatoms. The molecule has 1 rings (SSSR count). The zero-order valence-electron chi connectivity index (χ0n) is 18.3. The third kappa shape index (κ3) is 9.62. The highest BCUT2D eigenvalue weighted by Crippen LogP contribution is 2.22. The minimum atomic E-state index is -0.499. The summed E-state index contributed by atoms with van der Waals surface area (Å²) in [4.78, 5) is 0. The summed E-state index contributed by atoms with van der Waals surface area (Å²) in [5.41, 5.74) is 7.04. The van der Waals surface area contributed by atoms with Crippen molar-refractivity contribution < 1.29 is 9.84 Å². The van der Waals surface area contributed by atoms with E-state index in [4.69, 9.17) is 10.5 Å². The summed E-state index contributed by atoms with van der Waals surface area (Å²) in [5.74, 6) is 2.81. The number of hydrogen-bond acceptors (Lipinski definition) is 3. The predicted octanol–water partition coefficient (Wildman–Crippen LogP) is 5.59. The Morgan fingerprint density at radius 3 is 2.15 bits per heavy atom. The van der Waals surface area contributed by atoms with Gasteiger partial charge in [0.25, 0.3) is 0 Å². The average Bonchev–Trinajstić information content (AvgIpc) is 2.63. The van der Waals surface area contributed by atoms with Crippen LogP contribution in [0, 0.1) is 17.8 Å². The van der Waals surface area contributed by atoms with Gasteiger partial charge in [0.15, 0.2) is 0 Å². The van der Waals surface area contributed by atoms with E-state index in [1.807, 2.05) is 12.1 Å². The van der Waals surface area contributed by atoms with E-state index < -0.39 is 5.54 Å². The maximum Gasteiger partial charge on any atom is 0.119 e. The lowest BCUT2D eigenvalue weighted by Gasteiger charge is -2.31. The van der Waals surface area contributed by atoms with Crippen molar-refractivity contribution in [3.05, 3.63) is 29.8 Å². The Morgan fingerprint density at radius 1 is 0.963 bits per heavy atom. The quantitative estimate of drug-likeness (QED) is 0.416. The van der Waals surface area contributed by atoms with E-state index in [1.165, 1.54) is 31.2 Å². The second kappa shape index (κ2) is 12.4. The van der Waals surface area contributed by atoms with E-state index in [1.54, 1.807) is 0 Å². The maximum atomic E-state index is 9.56. The van der Waals surface area contributed by atoms with Gasteiger partial charge in [0.2, 0.25) is 0 Å². The molecule has 0 aliphatic rings. The first-order valence-corrected chi connectivity index (χ1v) is 10.9. The fourth-order valence-corrected chi connectivity index (χ4v) is 3.32. The van der Waals surface area contributed by atoms with Crippen LogP contribution in [0.2, 0.25) is 0 Å². The lowest BCUT2D eigenvalue weighted by Crippen LogP contribution is -2.48. The monoisotopic (exact) mass is 377 g/mol. The molecule has 0 aliphatic carbocycles. The van der Waals surface area contributed by atoms with Gasteiger partial charge < -0.3 is 15.6 Å². The molecular formula is C24H43NO2. The highest BCUT2D eigenvalue weighted by molar-refractivity contribution is 5.27. The van der Waals surface area contributed by atoms with Gasteiger partial charge >= 0.3 is 0 Å². The van der Waals surface area contributed by atoms with Gasteiger partial charge in [-0.1, -0.05) is 66.0 Å². The van der Waals surface area contributed by atoms with Gasteiger partial charge in [-0.05, 0) is 61.1 Å². The standard InChI is InChI=1S/C24H43NO2/c1-19(2)8-6-9-21(5)10-7-17-27-23-13-11-22(12-14-23)15-16-24(25,18-26)20(3)4/h11-14,19-21,26H,6-10,15-18,25H2,1-5H3. The van der Waals surface area contributed by atoms with Gasteiger partial charge in [-0.2, -0.15) is 0 Å². The molecule has 1 aromatic rings. The van der Waals surface area contributed by atoms with Crippen LogP contribution in [0.4, 0.5) is 0 Å². The van der Waals surface area contributed by atoms with Crippen LogP contribution in [0.3, 0.4) is 0 Å². The van der Waals surface area contributed by atoms with Gasteiger partial charge in [0.1, 0.15) is 5.75 Å². The molecule has 0 radical (unpaired) electrons. The molecule has 156 valence electrons. The Labute approximate surface area is 167 Å². The van der Waals surface area contributed by atoms with E-state index in [9.17, 15) is 5.11 Å². The van der Waals surface area contributed by atoms with Crippen LogP contribution < -0.4 is 10.5 Å². The van der Waals surface area contributed by atoms with Crippen molar-refractivity contribution in [1.82, 2.24) is 0 Å². The van der Waals surface area contributed by atoms with Crippen LogP contribution in [-0.4, -0.2) is 23.9 Å². The van der Waals surface area contributed by atoms with Crippen LogP contribution in [0.1, 0.15) is 78.7 Å². The lowest BCUT2D eigenvalue weighted by atomic mass is 9.83. The molecule has 1 aromatic carbocycles. The van der Waals surface area contributed by atoms with E-state index in [0.29, 0.717) is 0 Å². The zero-order valence-corrected chi connectivity index (χ0v) is 18.3. The number of nitrogens with two attached hydrogens (primary N) is 1. The van der Waals surface area contributed by atoms with Crippen molar-refractivity contribution in [1.29, 1.82) is 0 Å². The van der Waals surface area contributed by atoms with Crippen LogP contribution in [0.5, 0.6) is 5.75 Å². The third-order valence-corrected chi connectivity index (χ3v) is 5.84. The number of rotatable bonds is 14. The van der Waals surface area contributed by atoms with Gasteiger partial charge in [-0.3, -0.25) is 0 Å². The minimum absolute atomic E-state index is 0.0295. The molecule has 27 heavy (non-hydrogen) atoms. The Hall–Kier alpha value is -1.06. The molecule has 0 aliphatic heterocycles. The summed E-state index contributed by atoms with van der Waals surface area (Å²) < 4.78 is 5.89. The minimum Gasteiger partial charge on any atom is -0.494 e. The molecule has 0 saturated carbocycles. The number of hydrogen-bond donors (Lipinski definition) is 2. The summed E-state index contributed by atoms with van der Waals surface area (Å²) in [5, 5.41) is 9.56. The lowest BCUT2D eigenvalue weighted by molar-refractivity contribution is 0.146. The molecule has 2 atom stereocenters. The van der Waals surface area contributed by atoms with Crippen molar-refractivity contribution in [2.24, 2.45) is 23.5 Å². The van der Waals surface area contributed by atoms with Gasteiger partial charge in [-0.25, -0.2) is 0 Å². The molecule has 3 N–H and O–H groups in total. The number of aliphatic hydroxyl groups is 1. The molecule has 2 unspecified atom stereocenters. The van der Waals surface area contributed by atoms with Crippen molar-refractivity contribution in [3.8, 4) is 5.75 Å². The topological polar surface area (TPSA) is 55.5 Å². The molecule has 0 amide bonds. The highest BCUT2D eigenvalue weighted by Gasteiger charge is 2.27. The SMILES string of the molecule is CC(C)CCCC(C)CCCOc1ccc(CCC(N)(CO)C(C)C)cc1. The maximum absolute atomic E-state index is 9.56. The molecule has 0 spiro atoms. The largest absolute Gasteiger partial charge is 0.494 e. The molecule has 0 aromatic heterocycles. The summed E-state index contributed by atoms with van der Waals surface area (Å²) in [6.07, 6.45) is 8.04. The van der Waals surface area contributed by atoms with Crippen LogP contribution in [0.25, 0.3) is 0 Å². The smallest absolute Gasteiger partial charge is 0.119 e. The molecule has 0 heterocycles. The zero-order chi connectivity index (χ0) is 20.3. The van der Waals surface area contributed by atoms with Crippen molar-refractivity contribution in [3.63, 3.8) is 0 Å². The molecule has 0 saturated heterocycles. The first kappa shape index (κ1) is 24.0. The summed E-state index contributed by atoms with van der Waals surface area (Å²) >= 11 is 0. The Kier molecular flexibility index (Phi) is 11.0. The summed E-state index contributed by atoms with van der Waals surface area (Å²) in [6, 6.07) is 8.33. The van der Waals surface area contributed by atoms with E-state index >= 15 is 0 Å². The van der Waals surface area contributed by atoms with E-state index in [0.717, 1.165) is 43.5 Å². The summed E-state index contributed by atoms with van der Waals surface area (Å²) in [7, 11) is 0. The summed E-state index contributed by atoms with van der Waals surface area (Å²) in [6.45, 7) is 11.9. The first-order valence-electron chi connectivity index (χ1n) is 10.9. The second-order valence-electron chi connectivity index (χ2n) is 9.11. The average molecular weight is 378 g/mol. The van der Waals surface area contributed by atoms with Crippen LogP contribution >= 0.6 is 0 Å². The molecule has 3 nitrogen and oxygen atoms in total. The van der Waals surface area contributed by atoms with Gasteiger partial charge in [0, 0.05) is 5.54 Å². The first-order chi connectivity index (χ1) is 12.8. The Balaban J connectivity index is 2.26. The number of ether oxygens (including phenoxy) is 1. The van der Waals surface area contributed by atoms with Crippen LogP contribution in [-0.2, 0) is 6.42 Å². The van der Waals surface area contributed by atoms with Crippen LogP contribution in [0.15, 0.2) is 24.3 Å². The number of aliphatic hydroxyl groups excluding tert-OH is 1.